The highest BCUT2D eigenvalue weighted by atomic mass is 32.2. The first-order valence-corrected chi connectivity index (χ1v) is 9.00. The monoisotopic (exact) mass is 338 g/mol. The molecule has 8 heteroatoms. The summed E-state index contributed by atoms with van der Waals surface area (Å²) in [5, 5.41) is 6.90. The van der Waals surface area contributed by atoms with Gasteiger partial charge in [-0.2, -0.15) is 9.40 Å². The quantitative estimate of drug-likeness (QED) is 0.932. The third-order valence-corrected chi connectivity index (χ3v) is 6.16. The van der Waals surface area contributed by atoms with Crippen LogP contribution in [0.25, 0.3) is 0 Å². The topological polar surface area (TPSA) is 79.0 Å². The van der Waals surface area contributed by atoms with Crippen LogP contribution in [0.3, 0.4) is 0 Å². The van der Waals surface area contributed by atoms with E-state index in [0.29, 0.717) is 30.2 Å². The Labute approximate surface area is 134 Å². The zero-order valence-electron chi connectivity index (χ0n) is 13.1. The number of benzene rings is 1. The Morgan fingerprint density at radius 1 is 1.30 bits per heavy atom. The summed E-state index contributed by atoms with van der Waals surface area (Å²) in [6.07, 6.45) is 2.39. The molecule has 1 aliphatic heterocycles. The van der Waals surface area contributed by atoms with E-state index in [0.717, 1.165) is 12.8 Å². The molecule has 0 amide bonds. The number of aromatic nitrogens is 3. The van der Waals surface area contributed by atoms with Gasteiger partial charge in [-0.1, -0.05) is 6.42 Å². The first kappa shape index (κ1) is 16.1. The van der Waals surface area contributed by atoms with E-state index in [4.69, 9.17) is 0 Å². The van der Waals surface area contributed by atoms with Crippen LogP contribution in [0.2, 0.25) is 0 Å². The Balaban J connectivity index is 2.02. The fraction of sp³-hybridized carbons (Fsp3) is 0.467. The number of hydrogen-bond acceptors (Lipinski definition) is 4. The molecule has 1 N–H and O–H groups in total. The third-order valence-electron chi connectivity index (χ3n) is 4.09. The number of hydrogen-bond donors (Lipinski definition) is 1. The molecule has 0 aliphatic carbocycles. The molecule has 2 aromatic rings. The largest absolute Gasteiger partial charge is 0.263 e. The normalized spacial score (nSPS) is 19.9. The first-order valence-electron chi connectivity index (χ1n) is 7.56. The van der Waals surface area contributed by atoms with Gasteiger partial charge in [0.25, 0.3) is 0 Å². The molecule has 3 rings (SSSR count). The van der Waals surface area contributed by atoms with Gasteiger partial charge in [0, 0.05) is 6.54 Å². The molecule has 1 fully saturated rings. The average molecular weight is 338 g/mol. The fourth-order valence-corrected chi connectivity index (χ4v) is 4.85. The molecule has 0 spiro atoms. The third kappa shape index (κ3) is 3.00. The maximum absolute atomic E-state index is 13.3. The van der Waals surface area contributed by atoms with Gasteiger partial charge in [0.15, 0.2) is 5.82 Å². The number of H-pyrrole nitrogens is 1. The van der Waals surface area contributed by atoms with E-state index in [2.05, 4.69) is 15.2 Å². The minimum absolute atomic E-state index is 0.137. The van der Waals surface area contributed by atoms with Crippen molar-refractivity contribution in [2.45, 2.75) is 44.0 Å². The van der Waals surface area contributed by atoms with E-state index in [-0.39, 0.29) is 10.9 Å². The number of halogens is 1. The average Bonchev–Trinajstić information content (AvgIpc) is 2.93. The lowest BCUT2D eigenvalue weighted by atomic mass is 10.0. The van der Waals surface area contributed by atoms with Crippen molar-refractivity contribution in [2.75, 3.05) is 6.54 Å². The van der Waals surface area contributed by atoms with E-state index < -0.39 is 15.8 Å². The highest BCUT2D eigenvalue weighted by Crippen LogP contribution is 2.34. The Morgan fingerprint density at radius 3 is 2.74 bits per heavy atom. The van der Waals surface area contributed by atoms with Gasteiger partial charge < -0.3 is 0 Å². The summed E-state index contributed by atoms with van der Waals surface area (Å²) in [7, 11) is -3.72. The molecule has 2 heterocycles. The van der Waals surface area contributed by atoms with Crippen LogP contribution < -0.4 is 0 Å². The number of nitrogens with zero attached hydrogens (tertiary/aromatic N) is 3. The predicted octanol–water partition coefficient (Wildman–Crippen LogP) is 2.48. The Morgan fingerprint density at radius 2 is 2.09 bits per heavy atom. The molecule has 0 saturated carbocycles. The second-order valence-corrected chi connectivity index (χ2v) is 7.68. The van der Waals surface area contributed by atoms with E-state index in [1.54, 1.807) is 13.8 Å². The second kappa shape index (κ2) is 6.01. The molecule has 1 atom stereocenters. The van der Waals surface area contributed by atoms with Crippen LogP contribution in [0, 0.1) is 19.7 Å². The minimum atomic E-state index is -3.72. The van der Waals surface area contributed by atoms with Crippen molar-refractivity contribution in [1.82, 2.24) is 19.5 Å². The predicted molar refractivity (Wildman–Crippen MR) is 82.7 cm³/mol. The van der Waals surface area contributed by atoms with Gasteiger partial charge in [-0.3, -0.25) is 5.10 Å². The smallest absolute Gasteiger partial charge is 0.244 e. The molecule has 1 saturated heterocycles. The summed E-state index contributed by atoms with van der Waals surface area (Å²) >= 11 is 0. The maximum atomic E-state index is 13.3. The van der Waals surface area contributed by atoms with Gasteiger partial charge in [0.05, 0.1) is 10.9 Å². The summed E-state index contributed by atoms with van der Waals surface area (Å²) < 4.78 is 40.8. The Bertz CT molecular complexity index is 819. The van der Waals surface area contributed by atoms with Crippen molar-refractivity contribution >= 4 is 10.0 Å². The summed E-state index contributed by atoms with van der Waals surface area (Å²) in [5.74, 6) is 0.702. The van der Waals surface area contributed by atoms with Crippen molar-refractivity contribution in [3.8, 4) is 0 Å². The highest BCUT2D eigenvalue weighted by molar-refractivity contribution is 7.89. The van der Waals surface area contributed by atoms with Crippen LogP contribution in [0.15, 0.2) is 23.1 Å². The maximum Gasteiger partial charge on any atom is 0.244 e. The molecule has 6 nitrogen and oxygen atoms in total. The van der Waals surface area contributed by atoms with Gasteiger partial charge in [-0.05, 0) is 50.5 Å². The minimum Gasteiger partial charge on any atom is -0.263 e. The molecule has 1 aromatic carbocycles. The van der Waals surface area contributed by atoms with Crippen LogP contribution in [0.1, 0.15) is 42.5 Å². The Hall–Kier alpha value is -1.80. The standard InChI is InChI=1S/C15H19FN4O2S/c1-10-9-12(16)6-7-14(10)23(21,22)20-8-4-3-5-13(20)15-17-11(2)18-19-15/h6-7,9,13H,3-5,8H2,1-2H3,(H,17,18,19). The summed E-state index contributed by atoms with van der Waals surface area (Å²) in [6, 6.07) is 3.36. The second-order valence-electron chi connectivity index (χ2n) is 5.82. The van der Waals surface area contributed by atoms with Gasteiger partial charge >= 0.3 is 0 Å². The molecule has 0 bridgehead atoms. The van der Waals surface area contributed by atoms with Gasteiger partial charge in [-0.15, -0.1) is 0 Å². The number of aryl methyl sites for hydroxylation is 2. The molecule has 1 aliphatic rings. The summed E-state index contributed by atoms with van der Waals surface area (Å²) in [4.78, 5) is 4.43. The van der Waals surface area contributed by atoms with E-state index >= 15 is 0 Å². The Kier molecular flexibility index (Phi) is 4.20. The van der Waals surface area contributed by atoms with Crippen molar-refractivity contribution in [3.05, 3.63) is 41.2 Å². The van der Waals surface area contributed by atoms with Crippen molar-refractivity contribution in [2.24, 2.45) is 0 Å². The van der Waals surface area contributed by atoms with Crippen LogP contribution in [0.5, 0.6) is 0 Å². The van der Waals surface area contributed by atoms with Crippen LogP contribution in [0.4, 0.5) is 4.39 Å². The molecule has 23 heavy (non-hydrogen) atoms. The van der Waals surface area contributed by atoms with Crippen molar-refractivity contribution in [1.29, 1.82) is 0 Å². The molecule has 1 aromatic heterocycles. The van der Waals surface area contributed by atoms with Gasteiger partial charge in [-0.25, -0.2) is 17.8 Å². The van der Waals surface area contributed by atoms with Crippen LogP contribution >= 0.6 is 0 Å². The van der Waals surface area contributed by atoms with Gasteiger partial charge in [0.2, 0.25) is 10.0 Å². The van der Waals surface area contributed by atoms with E-state index in [9.17, 15) is 12.8 Å². The molecule has 124 valence electrons. The van der Waals surface area contributed by atoms with E-state index in [1.807, 2.05) is 0 Å². The fourth-order valence-electron chi connectivity index (χ4n) is 2.99. The lowest BCUT2D eigenvalue weighted by molar-refractivity contribution is 0.247. The molecular weight excluding hydrogens is 319 g/mol. The number of piperidine rings is 1. The van der Waals surface area contributed by atoms with Crippen LogP contribution in [-0.2, 0) is 10.0 Å². The highest BCUT2D eigenvalue weighted by Gasteiger charge is 2.37. The first-order chi connectivity index (χ1) is 10.9. The number of aromatic amines is 1. The molecule has 0 radical (unpaired) electrons. The zero-order chi connectivity index (χ0) is 16.6. The summed E-state index contributed by atoms with van der Waals surface area (Å²) in [6.45, 7) is 3.80. The number of sulfonamides is 1. The number of nitrogens with one attached hydrogen (secondary N) is 1. The van der Waals surface area contributed by atoms with E-state index in [1.165, 1.54) is 22.5 Å². The zero-order valence-corrected chi connectivity index (χ0v) is 13.9. The van der Waals surface area contributed by atoms with Gasteiger partial charge in [0.1, 0.15) is 11.6 Å². The SMILES string of the molecule is Cc1nc(C2CCCCN2S(=O)(=O)c2ccc(F)cc2C)n[nH]1. The molecule has 1 unspecified atom stereocenters. The van der Waals surface area contributed by atoms with Crippen molar-refractivity contribution in [3.63, 3.8) is 0 Å². The van der Waals surface area contributed by atoms with Crippen LogP contribution in [-0.4, -0.2) is 34.4 Å². The lowest BCUT2D eigenvalue weighted by Crippen LogP contribution is -2.39. The molecular formula is C15H19FN4O2S. The number of rotatable bonds is 3. The summed E-state index contributed by atoms with van der Waals surface area (Å²) in [5.41, 5.74) is 0.403. The van der Waals surface area contributed by atoms with Crippen molar-refractivity contribution < 1.29 is 12.8 Å². The lowest BCUT2D eigenvalue weighted by Gasteiger charge is -2.33.